The summed E-state index contributed by atoms with van der Waals surface area (Å²) < 4.78 is 0. The van der Waals surface area contributed by atoms with E-state index in [9.17, 15) is 9.59 Å². The average Bonchev–Trinajstić information content (AvgIpc) is 2.05. The van der Waals surface area contributed by atoms with Crippen molar-refractivity contribution in [3.63, 3.8) is 0 Å². The first kappa shape index (κ1) is 10.9. The van der Waals surface area contributed by atoms with Gasteiger partial charge in [0, 0.05) is 19.3 Å². The van der Waals surface area contributed by atoms with Gasteiger partial charge in [0.2, 0.25) is 5.78 Å². The van der Waals surface area contributed by atoms with Gasteiger partial charge in [-0.1, -0.05) is 6.92 Å². The lowest BCUT2D eigenvalue weighted by atomic mass is 9.94. The third kappa shape index (κ3) is 3.34. The third-order valence-electron chi connectivity index (χ3n) is 1.85. The van der Waals surface area contributed by atoms with Crippen LogP contribution in [0.4, 0.5) is 0 Å². The lowest BCUT2D eigenvalue weighted by molar-refractivity contribution is -0.138. The normalized spacial score (nSPS) is 11.8. The van der Waals surface area contributed by atoms with Gasteiger partial charge in [-0.3, -0.25) is 9.59 Å². The zero-order valence-corrected chi connectivity index (χ0v) is 7.59. The number of ketones is 2. The summed E-state index contributed by atoms with van der Waals surface area (Å²) in [5.74, 6) is 1.65. The second-order valence-corrected chi connectivity index (χ2v) is 2.77. The van der Waals surface area contributed by atoms with Crippen molar-refractivity contribution in [3.8, 4) is 12.3 Å². The molecular formula is C10H14O2. The number of carbonyl (C=O) groups is 2. The molecule has 12 heavy (non-hydrogen) atoms. The Hall–Kier alpha value is -1.10. The molecule has 2 heteroatoms. The van der Waals surface area contributed by atoms with Gasteiger partial charge in [-0.15, -0.1) is 12.3 Å². The molecule has 1 atom stereocenters. The van der Waals surface area contributed by atoms with Crippen molar-refractivity contribution in [1.82, 2.24) is 0 Å². The van der Waals surface area contributed by atoms with Gasteiger partial charge in [0.25, 0.3) is 0 Å². The molecule has 0 N–H and O–H groups in total. The van der Waals surface area contributed by atoms with Gasteiger partial charge >= 0.3 is 0 Å². The molecule has 1 unspecified atom stereocenters. The monoisotopic (exact) mass is 166 g/mol. The Labute approximate surface area is 73.3 Å². The van der Waals surface area contributed by atoms with E-state index >= 15 is 0 Å². The fourth-order valence-corrected chi connectivity index (χ4v) is 1.07. The van der Waals surface area contributed by atoms with Gasteiger partial charge in [-0.2, -0.15) is 0 Å². The second-order valence-electron chi connectivity index (χ2n) is 2.77. The Morgan fingerprint density at radius 3 is 2.42 bits per heavy atom. The molecule has 0 radical (unpaired) electrons. The smallest absolute Gasteiger partial charge is 0.201 e. The number of hydrogen-bond acceptors (Lipinski definition) is 2. The first-order chi connectivity index (χ1) is 5.63. The molecule has 0 heterocycles. The highest BCUT2D eigenvalue weighted by Crippen LogP contribution is 2.11. The lowest BCUT2D eigenvalue weighted by Gasteiger charge is -2.08. The van der Waals surface area contributed by atoms with E-state index in [0.29, 0.717) is 19.3 Å². The van der Waals surface area contributed by atoms with E-state index in [-0.39, 0.29) is 17.5 Å². The molecule has 2 nitrogen and oxygen atoms in total. The summed E-state index contributed by atoms with van der Waals surface area (Å²) in [6, 6.07) is 0. The Kier molecular flexibility index (Phi) is 5.03. The molecule has 0 aliphatic rings. The van der Waals surface area contributed by atoms with E-state index in [1.165, 1.54) is 6.92 Å². The lowest BCUT2D eigenvalue weighted by Crippen LogP contribution is -2.20. The Bertz CT molecular complexity index is 210. The largest absolute Gasteiger partial charge is 0.291 e. The summed E-state index contributed by atoms with van der Waals surface area (Å²) in [5.41, 5.74) is 0. The molecule has 0 amide bonds. The summed E-state index contributed by atoms with van der Waals surface area (Å²) in [6.07, 6.45) is 6.95. The molecule has 0 saturated heterocycles. The van der Waals surface area contributed by atoms with Crippen molar-refractivity contribution in [2.45, 2.75) is 33.1 Å². The average molecular weight is 166 g/mol. The van der Waals surface area contributed by atoms with Crippen LogP contribution in [-0.2, 0) is 9.59 Å². The summed E-state index contributed by atoms with van der Waals surface area (Å²) in [6.45, 7) is 3.20. The Balaban J connectivity index is 4.07. The maximum Gasteiger partial charge on any atom is 0.201 e. The first-order valence-corrected chi connectivity index (χ1v) is 4.11. The van der Waals surface area contributed by atoms with Gasteiger partial charge < -0.3 is 0 Å². The fourth-order valence-electron chi connectivity index (χ4n) is 1.07. The van der Waals surface area contributed by atoms with Gasteiger partial charge in [0.05, 0.1) is 0 Å². The van der Waals surface area contributed by atoms with Crippen LogP contribution in [-0.4, -0.2) is 11.6 Å². The summed E-state index contributed by atoms with van der Waals surface area (Å²) in [4.78, 5) is 21.9. The zero-order chi connectivity index (χ0) is 9.56. The topological polar surface area (TPSA) is 34.1 Å². The van der Waals surface area contributed by atoms with Gasteiger partial charge in [-0.05, 0) is 12.8 Å². The molecule has 66 valence electrons. The van der Waals surface area contributed by atoms with Crippen LogP contribution in [0.25, 0.3) is 0 Å². The van der Waals surface area contributed by atoms with Crippen LogP contribution in [0, 0.1) is 18.3 Å². The minimum Gasteiger partial charge on any atom is -0.291 e. The van der Waals surface area contributed by atoms with Crippen LogP contribution in [0.2, 0.25) is 0 Å². The van der Waals surface area contributed by atoms with Gasteiger partial charge in [0.1, 0.15) is 0 Å². The van der Waals surface area contributed by atoms with Crippen molar-refractivity contribution in [2.75, 3.05) is 0 Å². The molecule has 0 bridgehead atoms. The number of terminal acetylenes is 1. The molecule has 0 aromatic heterocycles. The van der Waals surface area contributed by atoms with Crippen LogP contribution in [0.3, 0.4) is 0 Å². The molecular weight excluding hydrogens is 152 g/mol. The van der Waals surface area contributed by atoms with Crippen molar-refractivity contribution in [2.24, 2.45) is 5.92 Å². The first-order valence-electron chi connectivity index (χ1n) is 4.11. The molecule has 0 spiro atoms. The minimum atomic E-state index is -0.362. The van der Waals surface area contributed by atoms with Crippen molar-refractivity contribution in [1.29, 1.82) is 0 Å². The van der Waals surface area contributed by atoms with Crippen LogP contribution in [0.15, 0.2) is 0 Å². The van der Waals surface area contributed by atoms with Crippen LogP contribution < -0.4 is 0 Å². The minimum absolute atomic E-state index is 0.168. The van der Waals surface area contributed by atoms with Crippen molar-refractivity contribution >= 4 is 11.6 Å². The van der Waals surface area contributed by atoms with Gasteiger partial charge in [-0.25, -0.2) is 0 Å². The number of rotatable bonds is 5. The molecule has 0 aliphatic carbocycles. The van der Waals surface area contributed by atoms with Crippen LogP contribution >= 0.6 is 0 Å². The predicted molar refractivity (Wildman–Crippen MR) is 47.5 cm³/mol. The summed E-state index contributed by atoms with van der Waals surface area (Å²) in [5, 5.41) is 0. The highest BCUT2D eigenvalue weighted by atomic mass is 16.2. The van der Waals surface area contributed by atoms with Gasteiger partial charge in [0.15, 0.2) is 5.78 Å². The zero-order valence-electron chi connectivity index (χ0n) is 7.59. The fraction of sp³-hybridized carbons (Fsp3) is 0.600. The SMILES string of the molecule is C#CCCC(CC)C(=O)C(C)=O. The second kappa shape index (κ2) is 5.54. The number of hydrogen-bond donors (Lipinski definition) is 0. The van der Waals surface area contributed by atoms with Crippen LogP contribution in [0.5, 0.6) is 0 Å². The van der Waals surface area contributed by atoms with E-state index in [0.717, 1.165) is 0 Å². The predicted octanol–water partition coefficient (Wildman–Crippen LogP) is 1.58. The van der Waals surface area contributed by atoms with E-state index < -0.39 is 0 Å². The molecule has 0 fully saturated rings. The number of Topliss-reactive ketones (excluding diaryl/α,β-unsaturated/α-hetero) is 2. The molecule has 0 saturated carbocycles. The maximum atomic E-state index is 11.2. The van der Waals surface area contributed by atoms with E-state index in [2.05, 4.69) is 5.92 Å². The summed E-state index contributed by atoms with van der Waals surface area (Å²) in [7, 11) is 0. The van der Waals surface area contributed by atoms with E-state index in [1.54, 1.807) is 0 Å². The molecule has 0 aromatic carbocycles. The summed E-state index contributed by atoms with van der Waals surface area (Å²) >= 11 is 0. The highest BCUT2D eigenvalue weighted by molar-refractivity contribution is 6.36. The quantitative estimate of drug-likeness (QED) is 0.459. The standard InChI is InChI=1S/C10H14O2/c1-4-6-7-9(5-2)10(12)8(3)11/h1,9H,5-7H2,2-3H3. The maximum absolute atomic E-state index is 11.2. The Morgan fingerprint density at radius 2 is 2.08 bits per heavy atom. The number of carbonyl (C=O) groups excluding carboxylic acids is 2. The molecule has 0 aromatic rings. The van der Waals surface area contributed by atoms with E-state index in [1.807, 2.05) is 6.92 Å². The van der Waals surface area contributed by atoms with E-state index in [4.69, 9.17) is 6.42 Å². The van der Waals surface area contributed by atoms with Crippen molar-refractivity contribution < 1.29 is 9.59 Å². The molecule has 0 rings (SSSR count). The third-order valence-corrected chi connectivity index (χ3v) is 1.85. The molecule has 0 aliphatic heterocycles. The highest BCUT2D eigenvalue weighted by Gasteiger charge is 2.19. The van der Waals surface area contributed by atoms with Crippen molar-refractivity contribution in [3.05, 3.63) is 0 Å². The Morgan fingerprint density at radius 1 is 1.50 bits per heavy atom. The van der Waals surface area contributed by atoms with Crippen LogP contribution in [0.1, 0.15) is 33.1 Å².